The molecule has 0 atom stereocenters. The summed E-state index contributed by atoms with van der Waals surface area (Å²) in [5.74, 6) is 2.56. The highest BCUT2D eigenvalue weighted by Gasteiger charge is 2.26. The van der Waals surface area contributed by atoms with Gasteiger partial charge >= 0.3 is 0 Å². The Hall–Kier alpha value is -2.21. The Morgan fingerprint density at radius 3 is 2.54 bits per heavy atom. The molecular weight excluding hydrogens is 330 g/mol. The largest absolute Gasteiger partial charge is 0.381 e. The third-order valence-electron chi connectivity index (χ3n) is 5.46. The van der Waals surface area contributed by atoms with E-state index in [-0.39, 0.29) is 5.91 Å². The second-order valence-corrected chi connectivity index (χ2v) is 7.24. The summed E-state index contributed by atoms with van der Waals surface area (Å²) in [6.07, 6.45) is 4.71. The van der Waals surface area contributed by atoms with Crippen molar-refractivity contribution in [1.82, 2.24) is 15.0 Å². The monoisotopic (exact) mass is 355 g/mol. The quantitative estimate of drug-likeness (QED) is 0.843. The van der Waals surface area contributed by atoms with Gasteiger partial charge in [-0.15, -0.1) is 0 Å². The summed E-state index contributed by atoms with van der Waals surface area (Å²) in [5.41, 5.74) is 0.768. The van der Waals surface area contributed by atoms with E-state index in [2.05, 4.69) is 10.1 Å². The highest BCUT2D eigenvalue weighted by Crippen LogP contribution is 2.26. The number of hydrogen-bond acceptors (Lipinski definition) is 5. The van der Waals surface area contributed by atoms with E-state index in [1.165, 1.54) is 0 Å². The summed E-state index contributed by atoms with van der Waals surface area (Å²) in [6, 6.07) is 9.51. The molecule has 0 spiro atoms. The van der Waals surface area contributed by atoms with Crippen molar-refractivity contribution in [2.45, 2.75) is 38.0 Å². The van der Waals surface area contributed by atoms with E-state index < -0.39 is 0 Å². The fourth-order valence-electron chi connectivity index (χ4n) is 3.82. The molecule has 2 aliphatic heterocycles. The van der Waals surface area contributed by atoms with Crippen molar-refractivity contribution in [1.29, 1.82) is 0 Å². The minimum Gasteiger partial charge on any atom is -0.381 e. The van der Waals surface area contributed by atoms with Crippen molar-refractivity contribution in [2.75, 3.05) is 26.3 Å². The van der Waals surface area contributed by atoms with Crippen LogP contribution in [0.15, 0.2) is 34.9 Å². The number of carbonyl (C=O) groups is 1. The van der Waals surface area contributed by atoms with Crippen molar-refractivity contribution < 1.29 is 14.1 Å². The van der Waals surface area contributed by atoms with E-state index >= 15 is 0 Å². The first-order chi connectivity index (χ1) is 12.8. The molecular formula is C20H25N3O3. The lowest BCUT2D eigenvalue weighted by molar-refractivity contribution is 0.0687. The van der Waals surface area contributed by atoms with Crippen LogP contribution in [-0.2, 0) is 11.2 Å². The molecule has 2 aromatic rings. The number of likely N-dealkylation sites (tertiary alicyclic amines) is 1. The average Bonchev–Trinajstić information content (AvgIpc) is 3.18. The molecule has 0 bridgehead atoms. The van der Waals surface area contributed by atoms with Crippen LogP contribution in [0.3, 0.4) is 0 Å². The average molecular weight is 355 g/mol. The molecule has 6 heteroatoms. The van der Waals surface area contributed by atoms with E-state index in [0.29, 0.717) is 11.8 Å². The van der Waals surface area contributed by atoms with Gasteiger partial charge in [0.15, 0.2) is 5.82 Å². The first-order valence-corrected chi connectivity index (χ1v) is 9.54. The van der Waals surface area contributed by atoms with Gasteiger partial charge in [0.1, 0.15) is 0 Å². The summed E-state index contributed by atoms with van der Waals surface area (Å²) in [7, 11) is 0. The predicted octanol–water partition coefficient (Wildman–Crippen LogP) is 3.06. The summed E-state index contributed by atoms with van der Waals surface area (Å²) >= 11 is 0. The minimum absolute atomic E-state index is 0.128. The molecule has 0 radical (unpaired) electrons. The minimum atomic E-state index is 0.128. The van der Waals surface area contributed by atoms with Crippen LogP contribution in [0.25, 0.3) is 0 Å². The number of ether oxygens (including phenoxy) is 1. The Kier molecular flexibility index (Phi) is 5.29. The van der Waals surface area contributed by atoms with Gasteiger partial charge in [-0.3, -0.25) is 4.79 Å². The fraction of sp³-hybridized carbons (Fsp3) is 0.550. The van der Waals surface area contributed by atoms with Crippen LogP contribution in [0.1, 0.15) is 53.7 Å². The van der Waals surface area contributed by atoms with E-state index in [0.717, 1.165) is 75.7 Å². The summed E-state index contributed by atoms with van der Waals surface area (Å²) in [5, 5.41) is 4.18. The maximum atomic E-state index is 12.5. The van der Waals surface area contributed by atoms with Gasteiger partial charge < -0.3 is 14.2 Å². The number of nitrogens with zero attached hydrogens (tertiary/aromatic N) is 3. The molecule has 3 heterocycles. The maximum Gasteiger partial charge on any atom is 0.253 e. The van der Waals surface area contributed by atoms with Crippen LogP contribution in [0.2, 0.25) is 0 Å². The standard InChI is InChI=1S/C20H25N3O3/c24-20(17-4-2-1-3-5-17)23-10-6-15(7-11-23)14-18-21-19(22-26-18)16-8-12-25-13-9-16/h1-5,15-16H,6-14H2. The molecule has 26 heavy (non-hydrogen) atoms. The molecule has 6 nitrogen and oxygen atoms in total. The highest BCUT2D eigenvalue weighted by molar-refractivity contribution is 5.94. The van der Waals surface area contributed by atoms with Gasteiger partial charge in [0.2, 0.25) is 5.89 Å². The molecule has 2 aliphatic rings. The molecule has 0 aliphatic carbocycles. The molecule has 4 rings (SSSR count). The Bertz CT molecular complexity index is 717. The molecule has 0 saturated carbocycles. The van der Waals surface area contributed by atoms with Gasteiger partial charge in [-0.25, -0.2) is 0 Å². The van der Waals surface area contributed by atoms with Crippen LogP contribution in [0.4, 0.5) is 0 Å². The third-order valence-corrected chi connectivity index (χ3v) is 5.46. The van der Waals surface area contributed by atoms with Crippen molar-refractivity contribution in [3.8, 4) is 0 Å². The zero-order chi connectivity index (χ0) is 17.8. The highest BCUT2D eigenvalue weighted by atomic mass is 16.5. The topological polar surface area (TPSA) is 68.5 Å². The Labute approximate surface area is 153 Å². The van der Waals surface area contributed by atoms with E-state index in [1.54, 1.807) is 0 Å². The number of aromatic nitrogens is 2. The van der Waals surface area contributed by atoms with Gasteiger partial charge in [0, 0.05) is 44.2 Å². The molecule has 2 fully saturated rings. The van der Waals surface area contributed by atoms with Gasteiger partial charge in [0.25, 0.3) is 5.91 Å². The molecule has 1 amide bonds. The van der Waals surface area contributed by atoms with Crippen LogP contribution >= 0.6 is 0 Å². The molecule has 0 unspecified atom stereocenters. The summed E-state index contributed by atoms with van der Waals surface area (Å²) in [4.78, 5) is 19.1. The smallest absolute Gasteiger partial charge is 0.253 e. The number of carbonyl (C=O) groups excluding carboxylic acids is 1. The normalized spacial score (nSPS) is 19.6. The fourth-order valence-corrected chi connectivity index (χ4v) is 3.82. The number of hydrogen-bond donors (Lipinski definition) is 0. The SMILES string of the molecule is O=C(c1ccccc1)N1CCC(Cc2nc(C3CCOCC3)no2)CC1. The van der Waals surface area contributed by atoms with Gasteiger partial charge in [0.05, 0.1) is 0 Å². The lowest BCUT2D eigenvalue weighted by Gasteiger charge is -2.31. The van der Waals surface area contributed by atoms with Crippen LogP contribution in [0.5, 0.6) is 0 Å². The molecule has 1 aromatic carbocycles. The van der Waals surface area contributed by atoms with E-state index in [9.17, 15) is 4.79 Å². The van der Waals surface area contributed by atoms with Crippen LogP contribution in [0, 0.1) is 5.92 Å². The summed E-state index contributed by atoms with van der Waals surface area (Å²) in [6.45, 7) is 3.14. The number of amides is 1. The van der Waals surface area contributed by atoms with Crippen molar-refractivity contribution >= 4 is 5.91 Å². The molecule has 2 saturated heterocycles. The molecule has 0 N–H and O–H groups in total. The number of benzene rings is 1. The Balaban J connectivity index is 1.29. The predicted molar refractivity (Wildman–Crippen MR) is 95.9 cm³/mol. The van der Waals surface area contributed by atoms with Crippen molar-refractivity contribution in [3.63, 3.8) is 0 Å². The van der Waals surface area contributed by atoms with Crippen molar-refractivity contribution in [3.05, 3.63) is 47.6 Å². The second-order valence-electron chi connectivity index (χ2n) is 7.24. The summed E-state index contributed by atoms with van der Waals surface area (Å²) < 4.78 is 10.9. The first-order valence-electron chi connectivity index (χ1n) is 9.54. The van der Waals surface area contributed by atoms with Gasteiger partial charge in [-0.05, 0) is 43.7 Å². The van der Waals surface area contributed by atoms with Gasteiger partial charge in [-0.2, -0.15) is 4.98 Å². The first kappa shape index (κ1) is 17.2. The van der Waals surface area contributed by atoms with Crippen LogP contribution < -0.4 is 0 Å². The van der Waals surface area contributed by atoms with Crippen molar-refractivity contribution in [2.24, 2.45) is 5.92 Å². The van der Waals surface area contributed by atoms with Gasteiger partial charge in [-0.1, -0.05) is 23.4 Å². The van der Waals surface area contributed by atoms with E-state index in [1.807, 2.05) is 35.2 Å². The zero-order valence-corrected chi connectivity index (χ0v) is 15.0. The lowest BCUT2D eigenvalue weighted by Crippen LogP contribution is -2.38. The van der Waals surface area contributed by atoms with E-state index in [4.69, 9.17) is 9.26 Å². The Morgan fingerprint density at radius 2 is 1.81 bits per heavy atom. The lowest BCUT2D eigenvalue weighted by atomic mass is 9.93. The number of piperidine rings is 1. The van der Waals surface area contributed by atoms with Crippen LogP contribution in [-0.4, -0.2) is 47.3 Å². The second kappa shape index (κ2) is 7.99. The molecule has 138 valence electrons. The molecule has 1 aromatic heterocycles. The Morgan fingerprint density at radius 1 is 1.08 bits per heavy atom. The zero-order valence-electron chi connectivity index (χ0n) is 15.0. The maximum absolute atomic E-state index is 12.5. The third kappa shape index (κ3) is 3.96. The number of rotatable bonds is 4.